The first-order valence-electron chi connectivity index (χ1n) is 13.3. The zero-order valence-corrected chi connectivity index (χ0v) is 23.2. The highest BCUT2D eigenvalue weighted by molar-refractivity contribution is 6.28. The number of piperidine rings is 1. The van der Waals surface area contributed by atoms with Crippen molar-refractivity contribution in [2.45, 2.75) is 51.3 Å². The molecule has 224 valence electrons. The fourth-order valence-corrected chi connectivity index (χ4v) is 5.35. The number of benzene rings is 2. The summed E-state index contributed by atoms with van der Waals surface area (Å²) in [6.07, 6.45) is -2.49. The Labute approximate surface area is 243 Å². The summed E-state index contributed by atoms with van der Waals surface area (Å²) >= 11 is 6.10. The minimum absolute atomic E-state index is 0.116. The van der Waals surface area contributed by atoms with Gasteiger partial charge in [-0.15, -0.1) is 13.2 Å². The molecule has 4 aromatic rings. The van der Waals surface area contributed by atoms with Crippen molar-refractivity contribution < 1.29 is 37.1 Å². The van der Waals surface area contributed by atoms with Crippen molar-refractivity contribution in [2.24, 2.45) is 5.92 Å². The Kier molecular flexibility index (Phi) is 8.50. The van der Waals surface area contributed by atoms with Gasteiger partial charge in [-0.25, -0.2) is 0 Å². The van der Waals surface area contributed by atoms with Crippen molar-refractivity contribution in [1.82, 2.24) is 9.55 Å². The average Bonchev–Trinajstić information content (AvgIpc) is 3.50. The Morgan fingerprint density at radius 3 is 2.48 bits per heavy atom. The van der Waals surface area contributed by atoms with Gasteiger partial charge >= 0.3 is 17.5 Å². The van der Waals surface area contributed by atoms with Crippen molar-refractivity contribution >= 4 is 34.1 Å². The van der Waals surface area contributed by atoms with Crippen LogP contribution in [0.1, 0.15) is 38.2 Å². The lowest BCUT2D eigenvalue weighted by molar-refractivity contribution is -0.389. The summed E-state index contributed by atoms with van der Waals surface area (Å²) < 4.78 is 54.8. The van der Waals surface area contributed by atoms with Crippen LogP contribution in [0.25, 0.3) is 11.0 Å². The molecule has 2 aromatic carbocycles. The van der Waals surface area contributed by atoms with E-state index in [1.807, 2.05) is 12.1 Å². The molecule has 10 nitrogen and oxygen atoms in total. The van der Waals surface area contributed by atoms with Crippen LogP contribution >= 0.6 is 11.6 Å². The molecule has 3 heterocycles. The molecule has 1 aliphatic rings. The number of alkyl halides is 3. The second kappa shape index (κ2) is 12.1. The van der Waals surface area contributed by atoms with E-state index in [9.17, 15) is 28.4 Å². The Morgan fingerprint density at radius 2 is 1.86 bits per heavy atom. The van der Waals surface area contributed by atoms with Gasteiger partial charge in [0.05, 0.1) is 6.10 Å². The van der Waals surface area contributed by atoms with Crippen LogP contribution < -0.4 is 14.4 Å². The first kappa shape index (κ1) is 29.5. The number of aliphatic hydroxyl groups excluding tert-OH is 1. The van der Waals surface area contributed by atoms with E-state index in [1.165, 1.54) is 29.0 Å². The number of halogens is 4. The molecular weight excluding hydrogens is 581 g/mol. The molecule has 2 atom stereocenters. The molecule has 1 fully saturated rings. The predicted octanol–water partition coefficient (Wildman–Crippen LogP) is 6.90. The van der Waals surface area contributed by atoms with Gasteiger partial charge in [-0.1, -0.05) is 0 Å². The summed E-state index contributed by atoms with van der Waals surface area (Å²) in [5.41, 5.74) is 1.52. The number of rotatable bonds is 10. The van der Waals surface area contributed by atoms with Gasteiger partial charge < -0.3 is 34.0 Å². The number of aromatic nitrogens is 2. The van der Waals surface area contributed by atoms with Crippen molar-refractivity contribution in [3.63, 3.8) is 0 Å². The molecule has 0 radical (unpaired) electrons. The topological polar surface area (TPSA) is 116 Å². The first-order chi connectivity index (χ1) is 19.9. The highest BCUT2D eigenvalue weighted by Crippen LogP contribution is 2.33. The van der Waals surface area contributed by atoms with E-state index < -0.39 is 29.4 Å². The van der Waals surface area contributed by atoms with Crippen LogP contribution in [0.3, 0.4) is 0 Å². The monoisotopic (exact) mass is 608 g/mol. The minimum atomic E-state index is -4.75. The Morgan fingerprint density at radius 1 is 1.17 bits per heavy atom. The molecule has 1 saturated heterocycles. The van der Waals surface area contributed by atoms with E-state index in [1.54, 1.807) is 25.1 Å². The molecule has 0 bridgehead atoms. The smallest absolute Gasteiger partial charge is 0.470 e. The molecule has 2 aromatic heterocycles. The fraction of sp³-hybridized carbons (Fsp3) is 0.393. The normalized spacial score (nSPS) is 16.0. The van der Waals surface area contributed by atoms with Crippen LogP contribution in [-0.4, -0.2) is 45.1 Å². The molecule has 0 aliphatic carbocycles. The lowest BCUT2D eigenvalue weighted by atomic mass is 9.92. The zero-order chi connectivity index (χ0) is 30.0. The van der Waals surface area contributed by atoms with Crippen LogP contribution in [0.15, 0.2) is 59.1 Å². The van der Waals surface area contributed by atoms with Crippen LogP contribution in [-0.2, 0) is 6.42 Å². The first-order valence-corrected chi connectivity index (χ1v) is 13.7. The van der Waals surface area contributed by atoms with Gasteiger partial charge in [-0.05, 0) is 95.7 Å². The lowest BCUT2D eigenvalue weighted by Crippen LogP contribution is -2.34. The highest BCUT2D eigenvalue weighted by Gasteiger charge is 2.31. The van der Waals surface area contributed by atoms with Crippen molar-refractivity contribution in [1.29, 1.82) is 0 Å². The number of imidazole rings is 1. The number of hydrogen-bond acceptors (Lipinski definition) is 8. The molecule has 1 N–H and O–H groups in total. The molecule has 2 unspecified atom stereocenters. The van der Waals surface area contributed by atoms with Crippen LogP contribution in [0.5, 0.6) is 11.5 Å². The van der Waals surface area contributed by atoms with Crippen molar-refractivity contribution in [3.05, 3.63) is 75.9 Å². The summed E-state index contributed by atoms with van der Waals surface area (Å²) in [7, 11) is 0. The molecule has 0 saturated carbocycles. The Hall–Kier alpha value is -3.97. The summed E-state index contributed by atoms with van der Waals surface area (Å²) in [6, 6.07) is 13.2. The van der Waals surface area contributed by atoms with Gasteiger partial charge in [0.1, 0.15) is 29.0 Å². The number of furan rings is 1. The van der Waals surface area contributed by atoms with Crippen molar-refractivity contribution in [2.75, 3.05) is 18.0 Å². The second-order valence-electron chi connectivity index (χ2n) is 10.3. The van der Waals surface area contributed by atoms with Gasteiger partial charge in [-0.2, -0.15) is 0 Å². The quantitative estimate of drug-likeness (QED) is 0.153. The molecule has 14 heteroatoms. The number of fused-ring (bicyclic) bond motifs is 1. The fourth-order valence-electron chi connectivity index (χ4n) is 5.11. The maximum absolute atomic E-state index is 12.5. The van der Waals surface area contributed by atoms with Crippen LogP contribution in [0, 0.1) is 16.0 Å². The SMILES string of the molecule is CC(O)CC(Oc1ccc(N2CCC(Cc3cc4cc(OC(F)(F)F)ccc4o3)CC2)cc1)n1cc([N+](=O)[O-])nc1Cl. The van der Waals surface area contributed by atoms with Gasteiger partial charge in [0.2, 0.25) is 0 Å². The largest absolute Gasteiger partial charge is 0.573 e. The van der Waals surface area contributed by atoms with Gasteiger partial charge in [-0.3, -0.25) is 4.57 Å². The summed E-state index contributed by atoms with van der Waals surface area (Å²) in [6.45, 7) is 3.21. The maximum Gasteiger partial charge on any atom is 0.573 e. The molecular formula is C28H28ClF3N4O6. The number of nitrogens with zero attached hydrogens (tertiary/aromatic N) is 4. The van der Waals surface area contributed by atoms with Gasteiger partial charge in [0.25, 0.3) is 0 Å². The van der Waals surface area contributed by atoms with Crippen molar-refractivity contribution in [3.8, 4) is 11.5 Å². The van der Waals surface area contributed by atoms with E-state index in [2.05, 4.69) is 14.6 Å². The van der Waals surface area contributed by atoms with Gasteiger partial charge in [0.15, 0.2) is 6.23 Å². The number of nitro groups is 1. The van der Waals surface area contributed by atoms with E-state index in [0.717, 1.165) is 37.4 Å². The average molecular weight is 609 g/mol. The van der Waals surface area contributed by atoms with Crippen LogP contribution in [0.4, 0.5) is 24.7 Å². The lowest BCUT2D eigenvalue weighted by Gasteiger charge is -2.33. The van der Waals surface area contributed by atoms with Gasteiger partial charge in [0, 0.05) is 37.0 Å². The third kappa shape index (κ3) is 7.26. The summed E-state index contributed by atoms with van der Waals surface area (Å²) in [5, 5.41) is 21.5. The van der Waals surface area contributed by atoms with E-state index in [0.29, 0.717) is 29.1 Å². The molecule has 0 spiro atoms. The molecule has 42 heavy (non-hydrogen) atoms. The molecule has 1 aliphatic heterocycles. The second-order valence-corrected chi connectivity index (χ2v) is 10.6. The zero-order valence-electron chi connectivity index (χ0n) is 22.5. The molecule has 5 rings (SSSR count). The predicted molar refractivity (Wildman–Crippen MR) is 148 cm³/mol. The number of anilines is 1. The minimum Gasteiger partial charge on any atom is -0.470 e. The van der Waals surface area contributed by atoms with Crippen LogP contribution in [0.2, 0.25) is 5.28 Å². The number of ether oxygens (including phenoxy) is 2. The third-order valence-corrected chi connectivity index (χ3v) is 7.34. The maximum atomic E-state index is 12.5. The summed E-state index contributed by atoms with van der Waals surface area (Å²) in [4.78, 5) is 16.4. The van der Waals surface area contributed by atoms with E-state index in [-0.39, 0.29) is 17.5 Å². The number of aliphatic hydroxyl groups is 1. The Balaban J connectivity index is 1.17. The Bertz CT molecular complexity index is 1530. The summed E-state index contributed by atoms with van der Waals surface area (Å²) in [5.74, 6) is 0.896. The third-order valence-electron chi connectivity index (χ3n) is 7.07. The van der Waals surface area contributed by atoms with E-state index in [4.69, 9.17) is 20.8 Å². The highest BCUT2D eigenvalue weighted by atomic mass is 35.5. The standard InChI is InChI=1S/C28H28ClF3N4O6/c1-17(37)12-26(35-16-25(36(38)39)33-27(35)29)41-21-4-2-20(3-5-21)34-10-8-18(9-11-34)13-23-15-19-14-22(42-28(30,31)32)6-7-24(19)40-23/h2-7,14-18,26,37H,8-13H2,1H3. The number of hydrogen-bond donors (Lipinski definition) is 1. The molecule has 0 amide bonds. The van der Waals surface area contributed by atoms with E-state index >= 15 is 0 Å².